The van der Waals surface area contributed by atoms with Gasteiger partial charge in [-0.1, -0.05) is 23.4 Å². The minimum Gasteiger partial charge on any atom is -0.399 e. The van der Waals surface area contributed by atoms with E-state index in [-0.39, 0.29) is 5.57 Å². The molecule has 84 valence electrons. The molecular formula is C12H10N4O. The molecule has 0 saturated carbocycles. The monoisotopic (exact) mass is 226 g/mol. The lowest BCUT2D eigenvalue weighted by molar-refractivity contribution is 0.215. The zero-order valence-electron chi connectivity index (χ0n) is 9.21. The van der Waals surface area contributed by atoms with Gasteiger partial charge < -0.3 is 10.2 Å². The molecule has 5 nitrogen and oxygen atoms in total. The number of benzene rings is 1. The maximum atomic E-state index is 8.59. The molecule has 0 unspecified atom stereocenters. The minimum atomic E-state index is 0.00323. The van der Waals surface area contributed by atoms with E-state index in [2.05, 4.69) is 15.3 Å². The topological polar surface area (TPSA) is 81.2 Å². The average Bonchev–Trinajstić information content (AvgIpc) is 2.38. The zero-order chi connectivity index (χ0) is 12.5. The van der Waals surface area contributed by atoms with E-state index in [0.29, 0.717) is 0 Å². The molecule has 0 fully saturated rings. The third-order valence-corrected chi connectivity index (χ3v) is 1.87. The number of allylic oxidation sites excluding steroid dienone is 1. The van der Waals surface area contributed by atoms with Gasteiger partial charge in [0.15, 0.2) is 0 Å². The van der Waals surface area contributed by atoms with Crippen molar-refractivity contribution in [3.05, 3.63) is 41.6 Å². The van der Waals surface area contributed by atoms with Crippen LogP contribution in [-0.4, -0.2) is 13.3 Å². The van der Waals surface area contributed by atoms with E-state index in [1.165, 1.54) is 19.5 Å². The number of hydrogen-bond acceptors (Lipinski definition) is 5. The lowest BCUT2D eigenvalue weighted by Gasteiger charge is -2.04. The Morgan fingerprint density at radius 2 is 2.06 bits per heavy atom. The van der Waals surface area contributed by atoms with Crippen molar-refractivity contribution in [1.29, 1.82) is 10.5 Å². The molecule has 1 aromatic carbocycles. The fraction of sp³-hybridized carbons (Fsp3) is 0.0833. The predicted molar refractivity (Wildman–Crippen MR) is 64.0 cm³/mol. The van der Waals surface area contributed by atoms with E-state index < -0.39 is 0 Å². The largest absolute Gasteiger partial charge is 0.399 e. The van der Waals surface area contributed by atoms with Crippen molar-refractivity contribution in [1.82, 2.24) is 0 Å². The van der Waals surface area contributed by atoms with Gasteiger partial charge in [-0.15, -0.1) is 0 Å². The summed E-state index contributed by atoms with van der Waals surface area (Å²) >= 11 is 0. The molecule has 0 radical (unpaired) electrons. The molecule has 1 N–H and O–H groups in total. The van der Waals surface area contributed by atoms with Crippen LogP contribution in [-0.2, 0) is 4.84 Å². The predicted octanol–water partition coefficient (Wildman–Crippen LogP) is 2.01. The van der Waals surface area contributed by atoms with E-state index in [1.807, 2.05) is 18.2 Å². The summed E-state index contributed by atoms with van der Waals surface area (Å²) in [6.07, 6.45) is 2.88. The highest BCUT2D eigenvalue weighted by molar-refractivity contribution is 5.87. The molecule has 0 saturated heterocycles. The quantitative estimate of drug-likeness (QED) is 0.483. The molecule has 17 heavy (non-hydrogen) atoms. The Morgan fingerprint density at radius 3 is 2.71 bits per heavy atom. The highest BCUT2D eigenvalue weighted by atomic mass is 16.6. The van der Waals surface area contributed by atoms with Crippen LogP contribution < -0.4 is 5.32 Å². The summed E-state index contributed by atoms with van der Waals surface area (Å²) < 4.78 is 0. The third kappa shape index (κ3) is 3.69. The van der Waals surface area contributed by atoms with Gasteiger partial charge >= 0.3 is 0 Å². The number of oxime groups is 1. The lowest BCUT2D eigenvalue weighted by atomic mass is 10.2. The van der Waals surface area contributed by atoms with E-state index in [0.717, 1.165) is 11.3 Å². The molecule has 0 amide bonds. The molecule has 0 heterocycles. The molecule has 0 bridgehead atoms. The Hall–Kier alpha value is -2.79. The summed E-state index contributed by atoms with van der Waals surface area (Å²) in [4.78, 5) is 4.59. The Labute approximate surface area is 99.2 Å². The molecular weight excluding hydrogens is 216 g/mol. The van der Waals surface area contributed by atoms with Gasteiger partial charge in [0.1, 0.15) is 24.8 Å². The Morgan fingerprint density at radius 1 is 1.35 bits per heavy atom. The number of hydrogen-bond donors (Lipinski definition) is 1. The van der Waals surface area contributed by atoms with Crippen LogP contribution >= 0.6 is 0 Å². The van der Waals surface area contributed by atoms with Crippen molar-refractivity contribution >= 4 is 11.9 Å². The molecule has 1 rings (SSSR count). The van der Waals surface area contributed by atoms with Gasteiger partial charge in [0.05, 0.1) is 6.21 Å². The summed E-state index contributed by atoms with van der Waals surface area (Å²) in [7, 11) is 1.45. The summed E-state index contributed by atoms with van der Waals surface area (Å²) in [5.74, 6) is 0. The molecule has 1 aromatic rings. The smallest absolute Gasteiger partial charge is 0.145 e. The normalized spacial score (nSPS) is 9.12. The van der Waals surface area contributed by atoms with Crippen LogP contribution in [0.5, 0.6) is 0 Å². The Kier molecular flexibility index (Phi) is 4.80. The molecule has 0 aliphatic heterocycles. The highest BCUT2D eigenvalue weighted by Crippen LogP contribution is 2.13. The van der Waals surface area contributed by atoms with E-state index >= 15 is 0 Å². The van der Waals surface area contributed by atoms with Crippen LogP contribution in [0.2, 0.25) is 0 Å². The van der Waals surface area contributed by atoms with Gasteiger partial charge in [-0.25, -0.2) is 0 Å². The van der Waals surface area contributed by atoms with Crippen molar-refractivity contribution in [2.75, 3.05) is 12.4 Å². The van der Waals surface area contributed by atoms with Crippen LogP contribution in [0.4, 0.5) is 5.69 Å². The SMILES string of the molecule is CON=Cc1ccccc1NC=C(C#N)C#N. The Balaban J connectivity index is 2.92. The first-order valence-corrected chi connectivity index (χ1v) is 4.74. The Bertz CT molecular complexity index is 504. The second-order valence-corrected chi connectivity index (χ2v) is 2.93. The molecule has 0 atom stereocenters. The minimum absolute atomic E-state index is 0.00323. The van der Waals surface area contributed by atoms with Gasteiger partial charge in [-0.2, -0.15) is 10.5 Å². The van der Waals surface area contributed by atoms with Crippen molar-refractivity contribution < 1.29 is 4.84 Å². The van der Waals surface area contributed by atoms with Gasteiger partial charge in [0.2, 0.25) is 0 Å². The number of nitrogens with one attached hydrogen (secondary N) is 1. The maximum Gasteiger partial charge on any atom is 0.145 e. The number of anilines is 1. The van der Waals surface area contributed by atoms with Crippen molar-refractivity contribution in [3.63, 3.8) is 0 Å². The van der Waals surface area contributed by atoms with E-state index in [1.54, 1.807) is 18.2 Å². The number of nitriles is 2. The van der Waals surface area contributed by atoms with Crippen LogP contribution in [0, 0.1) is 22.7 Å². The van der Waals surface area contributed by atoms with Gasteiger partial charge in [0.25, 0.3) is 0 Å². The van der Waals surface area contributed by atoms with Crippen LogP contribution in [0.25, 0.3) is 0 Å². The summed E-state index contributed by atoms with van der Waals surface area (Å²) in [6.45, 7) is 0. The van der Waals surface area contributed by atoms with E-state index in [9.17, 15) is 0 Å². The molecule has 5 heteroatoms. The molecule has 0 aliphatic rings. The summed E-state index contributed by atoms with van der Waals surface area (Å²) in [5.41, 5.74) is 1.53. The number of nitrogens with zero attached hydrogens (tertiary/aromatic N) is 3. The highest BCUT2D eigenvalue weighted by Gasteiger charge is 1.98. The standard InChI is InChI=1S/C12H10N4O/c1-17-16-9-11-4-2-3-5-12(11)15-8-10(6-13)7-14/h2-5,8-9,15H,1H3. The maximum absolute atomic E-state index is 8.59. The number of para-hydroxylation sites is 1. The van der Waals surface area contributed by atoms with Gasteiger partial charge in [0, 0.05) is 17.5 Å². The molecule has 0 aliphatic carbocycles. The van der Waals surface area contributed by atoms with Crippen LogP contribution in [0.1, 0.15) is 5.56 Å². The number of rotatable bonds is 4. The first kappa shape index (κ1) is 12.3. The van der Waals surface area contributed by atoms with Crippen molar-refractivity contribution in [3.8, 4) is 12.1 Å². The van der Waals surface area contributed by atoms with E-state index in [4.69, 9.17) is 10.5 Å². The average molecular weight is 226 g/mol. The molecule has 0 aromatic heterocycles. The van der Waals surface area contributed by atoms with Crippen LogP contribution in [0.15, 0.2) is 41.2 Å². The van der Waals surface area contributed by atoms with Crippen molar-refractivity contribution in [2.45, 2.75) is 0 Å². The van der Waals surface area contributed by atoms with Gasteiger partial charge in [-0.3, -0.25) is 0 Å². The second kappa shape index (κ2) is 6.65. The lowest BCUT2D eigenvalue weighted by Crippen LogP contribution is -1.95. The second-order valence-electron chi connectivity index (χ2n) is 2.93. The summed E-state index contributed by atoms with van der Waals surface area (Å²) in [6, 6.07) is 10.8. The summed E-state index contributed by atoms with van der Waals surface area (Å²) in [5, 5.41) is 23.7. The first-order chi connectivity index (χ1) is 8.31. The fourth-order valence-electron chi connectivity index (χ4n) is 1.09. The van der Waals surface area contributed by atoms with Crippen molar-refractivity contribution in [2.24, 2.45) is 5.16 Å². The molecule has 0 spiro atoms. The van der Waals surface area contributed by atoms with Crippen LogP contribution in [0.3, 0.4) is 0 Å². The van der Waals surface area contributed by atoms with Gasteiger partial charge in [-0.05, 0) is 6.07 Å². The fourth-order valence-corrected chi connectivity index (χ4v) is 1.09. The zero-order valence-corrected chi connectivity index (χ0v) is 9.21. The third-order valence-electron chi connectivity index (χ3n) is 1.87. The first-order valence-electron chi connectivity index (χ1n) is 4.74.